The lowest BCUT2D eigenvalue weighted by Gasteiger charge is -2.48. The Bertz CT molecular complexity index is 164. The van der Waals surface area contributed by atoms with Crippen LogP contribution in [0.5, 0.6) is 0 Å². The first-order valence-electron chi connectivity index (χ1n) is 7.73. The number of hydrogen-bond acceptors (Lipinski definition) is 1. The molecule has 0 aliphatic carbocycles. The summed E-state index contributed by atoms with van der Waals surface area (Å²) in [6.45, 7) is 16.7. The van der Waals surface area contributed by atoms with Crippen molar-refractivity contribution in [3.8, 4) is 0 Å². The van der Waals surface area contributed by atoms with Gasteiger partial charge in [-0.05, 0) is 30.2 Å². The van der Waals surface area contributed by atoms with E-state index in [4.69, 9.17) is 0 Å². The number of rotatable bonds is 9. The van der Waals surface area contributed by atoms with Crippen molar-refractivity contribution in [1.82, 2.24) is 4.57 Å². The molecule has 0 radical (unpaired) electrons. The fourth-order valence-electron chi connectivity index (χ4n) is 3.85. The van der Waals surface area contributed by atoms with E-state index >= 15 is 0 Å². The molecule has 17 heavy (non-hydrogen) atoms. The summed E-state index contributed by atoms with van der Waals surface area (Å²) in [6.07, 6.45) is 4.09. The van der Waals surface area contributed by atoms with Gasteiger partial charge in [0.05, 0.1) is 0 Å². The van der Waals surface area contributed by atoms with Crippen LogP contribution < -0.4 is 0 Å². The highest BCUT2D eigenvalue weighted by Gasteiger charge is 2.39. The predicted molar refractivity (Wildman–Crippen MR) is 83.2 cm³/mol. The third kappa shape index (κ3) is 4.74. The Kier molecular flexibility index (Phi) is 8.40. The lowest BCUT2D eigenvalue weighted by Crippen LogP contribution is -2.59. The van der Waals surface area contributed by atoms with Gasteiger partial charge in [-0.1, -0.05) is 67.7 Å². The first-order chi connectivity index (χ1) is 7.95. The molecule has 0 aliphatic rings. The topological polar surface area (TPSA) is 3.24 Å². The highest BCUT2D eigenvalue weighted by Crippen LogP contribution is 2.33. The molecule has 0 unspecified atom stereocenters. The van der Waals surface area contributed by atoms with Crippen LogP contribution in [0.25, 0.3) is 0 Å². The Morgan fingerprint density at radius 3 is 1.18 bits per heavy atom. The summed E-state index contributed by atoms with van der Waals surface area (Å²) in [7, 11) is -1.22. The summed E-state index contributed by atoms with van der Waals surface area (Å²) in [4.78, 5) is 0. The molecule has 104 valence electrons. The molecule has 0 spiro atoms. The zero-order valence-corrected chi connectivity index (χ0v) is 14.3. The highest BCUT2D eigenvalue weighted by molar-refractivity contribution is 6.77. The van der Waals surface area contributed by atoms with Crippen molar-refractivity contribution in [3.63, 3.8) is 0 Å². The van der Waals surface area contributed by atoms with Gasteiger partial charge in [0.25, 0.3) is 0 Å². The zero-order chi connectivity index (χ0) is 13.5. The van der Waals surface area contributed by atoms with Crippen molar-refractivity contribution in [3.05, 3.63) is 0 Å². The van der Waals surface area contributed by atoms with Crippen molar-refractivity contribution >= 4 is 8.24 Å². The van der Waals surface area contributed by atoms with Crippen LogP contribution in [0.2, 0.25) is 18.1 Å². The molecule has 0 rings (SSSR count). The Morgan fingerprint density at radius 1 is 0.706 bits per heavy atom. The van der Waals surface area contributed by atoms with E-state index in [0.717, 1.165) is 0 Å². The van der Waals surface area contributed by atoms with Crippen LogP contribution in [0.3, 0.4) is 0 Å². The zero-order valence-electron chi connectivity index (χ0n) is 13.3. The average Bonchev–Trinajstić information content (AvgIpc) is 2.17. The lowest BCUT2D eigenvalue weighted by atomic mass is 10.3. The second kappa shape index (κ2) is 8.31. The lowest BCUT2D eigenvalue weighted by molar-refractivity contribution is 0.286. The van der Waals surface area contributed by atoms with E-state index in [1.165, 1.54) is 37.4 Å². The highest BCUT2D eigenvalue weighted by atomic mass is 28.3. The van der Waals surface area contributed by atoms with Gasteiger partial charge in [-0.3, -0.25) is 0 Å². The first-order valence-corrected chi connectivity index (χ1v) is 10.3. The quantitative estimate of drug-likeness (QED) is 0.508. The van der Waals surface area contributed by atoms with Gasteiger partial charge in [0.15, 0.2) is 0 Å². The molecule has 0 aliphatic heterocycles. The maximum Gasteiger partial charge on any atom is 0.128 e. The van der Waals surface area contributed by atoms with Gasteiger partial charge in [-0.25, -0.2) is 0 Å². The Hall–Kier alpha value is 0.177. The molecule has 2 heteroatoms. The fourth-order valence-corrected chi connectivity index (χ4v) is 10.4. The summed E-state index contributed by atoms with van der Waals surface area (Å²) in [6, 6.07) is 5.90. The minimum atomic E-state index is -1.22. The smallest absolute Gasteiger partial charge is 0.128 e. The minimum absolute atomic E-state index is 0.714. The van der Waals surface area contributed by atoms with Crippen LogP contribution in [-0.2, 0) is 0 Å². The van der Waals surface area contributed by atoms with E-state index in [9.17, 15) is 0 Å². The monoisotopic (exact) mass is 257 g/mol. The van der Waals surface area contributed by atoms with Crippen molar-refractivity contribution in [2.45, 2.75) is 97.9 Å². The largest absolute Gasteiger partial charge is 0.319 e. The Morgan fingerprint density at radius 2 is 1.00 bits per heavy atom. The molecule has 0 fully saturated rings. The van der Waals surface area contributed by atoms with Crippen molar-refractivity contribution in [1.29, 1.82) is 0 Å². The third-order valence-corrected chi connectivity index (χ3v) is 10.2. The molecule has 0 saturated carbocycles. The SMILES string of the molecule is CCC[Si](CCC)(CCC)N(C(C)C)C(C)C. The average molecular weight is 258 g/mol. The van der Waals surface area contributed by atoms with Gasteiger partial charge in [0, 0.05) is 0 Å². The van der Waals surface area contributed by atoms with E-state index in [1.807, 2.05) is 0 Å². The summed E-state index contributed by atoms with van der Waals surface area (Å²) in [5.41, 5.74) is 0. The maximum atomic E-state index is 2.92. The molecular formula is C15H35NSi. The molecule has 1 nitrogen and oxygen atoms in total. The van der Waals surface area contributed by atoms with Crippen LogP contribution in [0, 0.1) is 0 Å². The summed E-state index contributed by atoms with van der Waals surface area (Å²) < 4.78 is 2.92. The first kappa shape index (κ1) is 17.2. The van der Waals surface area contributed by atoms with Crippen molar-refractivity contribution < 1.29 is 0 Å². The Labute approximate surface area is 111 Å². The van der Waals surface area contributed by atoms with Crippen LogP contribution in [0.15, 0.2) is 0 Å². The minimum Gasteiger partial charge on any atom is -0.319 e. The molecular weight excluding hydrogens is 222 g/mol. The maximum absolute atomic E-state index is 2.92. The predicted octanol–water partition coefficient (Wildman–Crippen LogP) is 5.28. The molecule has 0 aromatic heterocycles. The second-order valence-corrected chi connectivity index (χ2v) is 10.5. The summed E-state index contributed by atoms with van der Waals surface area (Å²) in [5, 5.41) is 0. The summed E-state index contributed by atoms with van der Waals surface area (Å²) >= 11 is 0. The molecule has 0 aromatic rings. The van der Waals surface area contributed by atoms with Gasteiger partial charge < -0.3 is 4.57 Å². The number of hydrogen-bond donors (Lipinski definition) is 0. The third-order valence-electron chi connectivity index (χ3n) is 3.81. The van der Waals surface area contributed by atoms with Crippen LogP contribution in [0.4, 0.5) is 0 Å². The van der Waals surface area contributed by atoms with E-state index in [0.29, 0.717) is 12.1 Å². The van der Waals surface area contributed by atoms with E-state index in [2.05, 4.69) is 53.0 Å². The fraction of sp³-hybridized carbons (Fsp3) is 1.00. The molecule has 0 bridgehead atoms. The van der Waals surface area contributed by atoms with Crippen LogP contribution in [0.1, 0.15) is 67.7 Å². The molecule has 0 aromatic carbocycles. The Balaban J connectivity index is 5.17. The van der Waals surface area contributed by atoms with E-state index in [1.54, 1.807) is 0 Å². The van der Waals surface area contributed by atoms with Crippen molar-refractivity contribution in [2.75, 3.05) is 0 Å². The molecule has 0 N–H and O–H groups in total. The van der Waals surface area contributed by atoms with Gasteiger partial charge in [0.1, 0.15) is 8.24 Å². The van der Waals surface area contributed by atoms with Gasteiger partial charge >= 0.3 is 0 Å². The standard InChI is InChI=1S/C15H35NSi/c1-8-11-17(12-9-2,13-10-3)16(14(4)5)15(6)7/h14-15H,8-13H2,1-7H3. The normalized spacial score (nSPS) is 13.1. The molecule has 0 heterocycles. The van der Waals surface area contributed by atoms with Gasteiger partial charge in [-0.15, -0.1) is 0 Å². The van der Waals surface area contributed by atoms with Crippen LogP contribution in [-0.4, -0.2) is 24.9 Å². The van der Waals surface area contributed by atoms with Gasteiger partial charge in [-0.2, -0.15) is 0 Å². The van der Waals surface area contributed by atoms with Crippen molar-refractivity contribution in [2.24, 2.45) is 0 Å². The molecule has 0 atom stereocenters. The van der Waals surface area contributed by atoms with Crippen LogP contribution >= 0.6 is 0 Å². The summed E-state index contributed by atoms with van der Waals surface area (Å²) in [5.74, 6) is 0. The van der Waals surface area contributed by atoms with E-state index < -0.39 is 8.24 Å². The molecule has 0 amide bonds. The molecule has 0 saturated heterocycles. The second-order valence-electron chi connectivity index (χ2n) is 6.07. The van der Waals surface area contributed by atoms with Gasteiger partial charge in [0.2, 0.25) is 0 Å². The number of nitrogens with zero attached hydrogens (tertiary/aromatic N) is 1. The van der Waals surface area contributed by atoms with E-state index in [-0.39, 0.29) is 0 Å².